The molecule has 76 valence electrons. The molecule has 4 heteroatoms. The van der Waals surface area contributed by atoms with Crippen LogP contribution in [0, 0.1) is 0 Å². The Morgan fingerprint density at radius 2 is 2.57 bits per heavy atom. The van der Waals surface area contributed by atoms with Gasteiger partial charge in [-0.1, -0.05) is 0 Å². The van der Waals surface area contributed by atoms with Crippen molar-refractivity contribution in [1.82, 2.24) is 4.90 Å². The molecule has 0 N–H and O–H groups in total. The molecule has 0 fully saturated rings. The standard InChI is InChI=1S/C10H13NO2S/c1-13-7-10(12)11-4-2-9-8(6-11)3-5-14-9/h3,5H,2,4,6-7H2,1H3. The Bertz CT molecular complexity index is 335. The van der Waals surface area contributed by atoms with Crippen molar-refractivity contribution in [2.75, 3.05) is 20.3 Å². The lowest BCUT2D eigenvalue weighted by Crippen LogP contribution is -2.37. The maximum atomic E-state index is 11.5. The summed E-state index contributed by atoms with van der Waals surface area (Å²) in [6.45, 7) is 1.77. The van der Waals surface area contributed by atoms with E-state index in [9.17, 15) is 4.79 Å². The van der Waals surface area contributed by atoms with E-state index in [0.717, 1.165) is 19.5 Å². The molecule has 0 spiro atoms. The summed E-state index contributed by atoms with van der Waals surface area (Å²) >= 11 is 1.78. The van der Waals surface area contributed by atoms with E-state index in [1.54, 1.807) is 18.4 Å². The average molecular weight is 211 g/mol. The van der Waals surface area contributed by atoms with Gasteiger partial charge in [0, 0.05) is 25.1 Å². The van der Waals surface area contributed by atoms with Crippen LogP contribution in [0.15, 0.2) is 11.4 Å². The third-order valence-corrected chi connectivity index (χ3v) is 3.45. The first-order valence-electron chi connectivity index (χ1n) is 4.63. The highest BCUT2D eigenvalue weighted by molar-refractivity contribution is 7.10. The fraction of sp³-hybridized carbons (Fsp3) is 0.500. The fourth-order valence-corrected chi connectivity index (χ4v) is 2.57. The van der Waals surface area contributed by atoms with Gasteiger partial charge in [0.25, 0.3) is 0 Å². The second kappa shape index (κ2) is 4.11. The van der Waals surface area contributed by atoms with Gasteiger partial charge in [-0.3, -0.25) is 4.79 Å². The number of carbonyl (C=O) groups excluding carboxylic acids is 1. The van der Waals surface area contributed by atoms with E-state index in [2.05, 4.69) is 11.4 Å². The van der Waals surface area contributed by atoms with Gasteiger partial charge >= 0.3 is 0 Å². The second-order valence-corrected chi connectivity index (χ2v) is 4.37. The van der Waals surface area contributed by atoms with E-state index >= 15 is 0 Å². The Hall–Kier alpha value is -0.870. The van der Waals surface area contributed by atoms with Crippen molar-refractivity contribution in [3.63, 3.8) is 0 Å². The van der Waals surface area contributed by atoms with Crippen molar-refractivity contribution in [3.8, 4) is 0 Å². The Labute approximate surface area is 87.3 Å². The minimum Gasteiger partial charge on any atom is -0.375 e. The summed E-state index contributed by atoms with van der Waals surface area (Å²) in [6.07, 6.45) is 0.989. The molecule has 0 saturated carbocycles. The van der Waals surface area contributed by atoms with Gasteiger partial charge in [0.15, 0.2) is 0 Å². The molecule has 1 aromatic heterocycles. The summed E-state index contributed by atoms with van der Waals surface area (Å²) in [5, 5.41) is 2.09. The van der Waals surface area contributed by atoms with Crippen LogP contribution >= 0.6 is 11.3 Å². The van der Waals surface area contributed by atoms with Gasteiger partial charge in [0.05, 0.1) is 0 Å². The molecular weight excluding hydrogens is 198 g/mol. The van der Waals surface area contributed by atoms with E-state index < -0.39 is 0 Å². The Balaban J connectivity index is 2.04. The lowest BCUT2D eigenvalue weighted by molar-refractivity contribution is -0.136. The molecule has 3 nitrogen and oxygen atoms in total. The number of hydrogen-bond donors (Lipinski definition) is 0. The molecule has 0 radical (unpaired) electrons. The summed E-state index contributed by atoms with van der Waals surface area (Å²) < 4.78 is 4.84. The Morgan fingerprint density at radius 1 is 1.71 bits per heavy atom. The van der Waals surface area contributed by atoms with Crippen LogP contribution in [0.5, 0.6) is 0 Å². The van der Waals surface area contributed by atoms with Crippen molar-refractivity contribution < 1.29 is 9.53 Å². The first-order chi connectivity index (χ1) is 6.81. The van der Waals surface area contributed by atoms with Gasteiger partial charge in [-0.25, -0.2) is 0 Å². The zero-order valence-corrected chi connectivity index (χ0v) is 8.97. The summed E-state index contributed by atoms with van der Waals surface area (Å²) in [5.41, 5.74) is 1.30. The molecule has 0 saturated heterocycles. The molecule has 14 heavy (non-hydrogen) atoms. The fourth-order valence-electron chi connectivity index (χ4n) is 1.68. The number of amides is 1. The highest BCUT2D eigenvalue weighted by Gasteiger charge is 2.20. The van der Waals surface area contributed by atoms with Crippen LogP contribution in [0.4, 0.5) is 0 Å². The van der Waals surface area contributed by atoms with Crippen LogP contribution in [0.25, 0.3) is 0 Å². The van der Waals surface area contributed by atoms with Crippen molar-refractivity contribution in [3.05, 3.63) is 21.9 Å². The summed E-state index contributed by atoms with van der Waals surface area (Å²) in [7, 11) is 1.55. The van der Waals surface area contributed by atoms with Gasteiger partial charge in [-0.05, 0) is 23.4 Å². The number of thiophene rings is 1. The number of ether oxygens (including phenoxy) is 1. The number of methoxy groups -OCH3 is 1. The van der Waals surface area contributed by atoms with Gasteiger partial charge in [-0.2, -0.15) is 0 Å². The first kappa shape index (κ1) is 9.68. The topological polar surface area (TPSA) is 29.5 Å². The van der Waals surface area contributed by atoms with Gasteiger partial charge < -0.3 is 9.64 Å². The number of carbonyl (C=O) groups is 1. The van der Waals surface area contributed by atoms with Gasteiger partial charge in [0.2, 0.25) is 5.91 Å². The summed E-state index contributed by atoms with van der Waals surface area (Å²) in [5.74, 6) is 0.0874. The Morgan fingerprint density at radius 3 is 3.36 bits per heavy atom. The normalized spacial score (nSPS) is 15.4. The molecule has 1 aliphatic rings. The predicted molar refractivity (Wildman–Crippen MR) is 55.3 cm³/mol. The molecule has 0 aromatic carbocycles. The molecule has 2 heterocycles. The van der Waals surface area contributed by atoms with E-state index in [1.165, 1.54) is 10.4 Å². The zero-order chi connectivity index (χ0) is 9.97. The molecule has 0 atom stereocenters. The quantitative estimate of drug-likeness (QED) is 0.737. The monoisotopic (exact) mass is 211 g/mol. The number of fused-ring (bicyclic) bond motifs is 1. The molecule has 0 unspecified atom stereocenters. The molecule has 1 amide bonds. The van der Waals surface area contributed by atoms with E-state index in [4.69, 9.17) is 4.74 Å². The first-order valence-corrected chi connectivity index (χ1v) is 5.51. The minimum absolute atomic E-state index is 0.0874. The van der Waals surface area contributed by atoms with Crippen molar-refractivity contribution in [2.24, 2.45) is 0 Å². The summed E-state index contributed by atoms with van der Waals surface area (Å²) in [4.78, 5) is 14.8. The predicted octanol–water partition coefficient (Wildman–Crippen LogP) is 1.28. The second-order valence-electron chi connectivity index (χ2n) is 3.37. The molecular formula is C10H13NO2S. The molecule has 2 rings (SSSR count). The van der Waals surface area contributed by atoms with Crippen LogP contribution in [0.3, 0.4) is 0 Å². The van der Waals surface area contributed by atoms with Crippen LogP contribution in [0.1, 0.15) is 10.4 Å². The molecule has 1 aliphatic heterocycles. The number of hydrogen-bond acceptors (Lipinski definition) is 3. The minimum atomic E-state index is 0.0874. The number of rotatable bonds is 2. The van der Waals surface area contributed by atoms with Crippen LogP contribution < -0.4 is 0 Å². The maximum absolute atomic E-state index is 11.5. The van der Waals surface area contributed by atoms with E-state index in [0.29, 0.717) is 0 Å². The largest absolute Gasteiger partial charge is 0.375 e. The van der Waals surface area contributed by atoms with Crippen LogP contribution in [-0.2, 0) is 22.5 Å². The summed E-state index contributed by atoms with van der Waals surface area (Å²) in [6, 6.07) is 2.10. The highest BCUT2D eigenvalue weighted by Crippen LogP contribution is 2.23. The zero-order valence-electron chi connectivity index (χ0n) is 8.16. The molecule has 0 bridgehead atoms. The molecule has 1 aromatic rings. The SMILES string of the molecule is COCC(=O)N1CCc2sccc2C1. The van der Waals surface area contributed by atoms with Crippen molar-refractivity contribution >= 4 is 17.2 Å². The van der Waals surface area contributed by atoms with Crippen LogP contribution in [-0.4, -0.2) is 31.1 Å². The van der Waals surface area contributed by atoms with Gasteiger partial charge in [0.1, 0.15) is 6.61 Å². The average Bonchev–Trinajstić information content (AvgIpc) is 2.64. The third-order valence-electron chi connectivity index (χ3n) is 2.43. The highest BCUT2D eigenvalue weighted by atomic mass is 32.1. The third kappa shape index (κ3) is 1.81. The van der Waals surface area contributed by atoms with Crippen LogP contribution in [0.2, 0.25) is 0 Å². The lowest BCUT2D eigenvalue weighted by atomic mass is 10.1. The van der Waals surface area contributed by atoms with Crippen molar-refractivity contribution in [1.29, 1.82) is 0 Å². The van der Waals surface area contributed by atoms with Gasteiger partial charge in [-0.15, -0.1) is 11.3 Å². The smallest absolute Gasteiger partial charge is 0.248 e. The maximum Gasteiger partial charge on any atom is 0.248 e. The lowest BCUT2D eigenvalue weighted by Gasteiger charge is -2.26. The Kier molecular flexibility index (Phi) is 2.84. The van der Waals surface area contributed by atoms with E-state index in [1.807, 2.05) is 4.90 Å². The van der Waals surface area contributed by atoms with E-state index in [-0.39, 0.29) is 12.5 Å². The molecule has 0 aliphatic carbocycles. The number of nitrogens with zero attached hydrogens (tertiary/aromatic N) is 1. The van der Waals surface area contributed by atoms with Crippen molar-refractivity contribution in [2.45, 2.75) is 13.0 Å².